The number of hydrogen-bond acceptors (Lipinski definition) is 4. The van der Waals surface area contributed by atoms with Gasteiger partial charge in [-0.05, 0) is 24.8 Å². The fourth-order valence-corrected chi connectivity index (χ4v) is 2.61. The molecule has 1 aliphatic carbocycles. The molecule has 158 valence electrons. The Morgan fingerprint density at radius 2 is 1.70 bits per heavy atom. The van der Waals surface area contributed by atoms with E-state index in [1.807, 2.05) is 59.9 Å². The Bertz CT molecular complexity index is 516. The lowest BCUT2D eigenvalue weighted by Gasteiger charge is -2.34. The number of aromatic nitrogens is 1. The zero-order valence-corrected chi connectivity index (χ0v) is 18.6. The maximum Gasteiger partial charge on any atom is 0.391 e. The highest BCUT2D eigenvalue weighted by Gasteiger charge is 2.46. The van der Waals surface area contributed by atoms with Crippen molar-refractivity contribution >= 4 is 23.7 Å². The molecule has 0 spiro atoms. The lowest BCUT2D eigenvalue weighted by Crippen LogP contribution is -2.34. The van der Waals surface area contributed by atoms with Crippen molar-refractivity contribution in [2.24, 2.45) is 11.8 Å². The quantitative estimate of drug-likeness (QED) is 0.513. The standard InChI is InChI=1S/C14H17F3N2OS.3C2H6/c1-20-13-10(7-12(8-18-13)19-21-2)4-3-9-5-11(6-9)14(15,16)17;3*1-2/h3-4,7-9,11,19H,5-6H2,1-2H3;3*1-2H3/b4-3+;;;. The Balaban J connectivity index is 0. The highest BCUT2D eigenvalue weighted by atomic mass is 32.2. The molecule has 0 radical (unpaired) electrons. The van der Waals surface area contributed by atoms with Gasteiger partial charge in [0.25, 0.3) is 0 Å². The van der Waals surface area contributed by atoms with E-state index < -0.39 is 12.1 Å². The van der Waals surface area contributed by atoms with Crippen LogP contribution in [0.15, 0.2) is 18.3 Å². The van der Waals surface area contributed by atoms with Crippen molar-refractivity contribution in [3.05, 3.63) is 23.9 Å². The van der Waals surface area contributed by atoms with Crippen molar-refractivity contribution in [3.63, 3.8) is 0 Å². The number of pyridine rings is 1. The van der Waals surface area contributed by atoms with E-state index in [-0.39, 0.29) is 18.8 Å². The molecular weight excluding hydrogens is 373 g/mol. The van der Waals surface area contributed by atoms with Crippen LogP contribution in [-0.4, -0.2) is 24.5 Å². The van der Waals surface area contributed by atoms with Gasteiger partial charge in [-0.15, -0.1) is 0 Å². The Kier molecular flexibility index (Phi) is 16.2. The number of rotatable bonds is 5. The molecule has 0 bridgehead atoms. The summed E-state index contributed by atoms with van der Waals surface area (Å²) in [6.45, 7) is 12.0. The summed E-state index contributed by atoms with van der Waals surface area (Å²) in [5.41, 5.74) is 1.58. The topological polar surface area (TPSA) is 34.1 Å². The van der Waals surface area contributed by atoms with Crippen LogP contribution < -0.4 is 9.46 Å². The molecule has 0 saturated heterocycles. The molecule has 1 aromatic heterocycles. The first-order valence-electron chi connectivity index (χ1n) is 9.52. The van der Waals surface area contributed by atoms with E-state index in [9.17, 15) is 13.2 Å². The third-order valence-electron chi connectivity index (χ3n) is 3.48. The number of nitrogens with zero attached hydrogens (tertiary/aromatic N) is 1. The Morgan fingerprint density at radius 1 is 1.15 bits per heavy atom. The molecule has 1 aliphatic rings. The van der Waals surface area contributed by atoms with Crippen molar-refractivity contribution in [3.8, 4) is 5.88 Å². The van der Waals surface area contributed by atoms with E-state index in [0.717, 1.165) is 11.3 Å². The molecule has 0 atom stereocenters. The summed E-state index contributed by atoms with van der Waals surface area (Å²) in [4.78, 5) is 4.16. The molecule has 0 amide bonds. The van der Waals surface area contributed by atoms with E-state index in [2.05, 4.69) is 9.71 Å². The van der Waals surface area contributed by atoms with Crippen molar-refractivity contribution in [2.45, 2.75) is 60.6 Å². The number of allylic oxidation sites excluding steroid dienone is 1. The second kappa shape index (κ2) is 15.7. The van der Waals surface area contributed by atoms with E-state index in [0.29, 0.717) is 5.88 Å². The SMILES string of the molecule is CC.CC.CC.COc1ncc(NSC)cc1/C=C/C1CC(C(F)(F)F)C1. The van der Waals surface area contributed by atoms with Crippen LogP contribution >= 0.6 is 11.9 Å². The smallest absolute Gasteiger partial charge is 0.391 e. The molecule has 0 unspecified atom stereocenters. The minimum absolute atomic E-state index is 0.0292. The van der Waals surface area contributed by atoms with Gasteiger partial charge in [-0.3, -0.25) is 0 Å². The molecule has 1 N–H and O–H groups in total. The second-order valence-corrected chi connectivity index (χ2v) is 5.57. The fraction of sp³-hybridized carbons (Fsp3) is 0.650. The van der Waals surface area contributed by atoms with Gasteiger partial charge in [0, 0.05) is 11.8 Å². The summed E-state index contributed by atoms with van der Waals surface area (Å²) in [7, 11) is 1.52. The van der Waals surface area contributed by atoms with Crippen molar-refractivity contribution in [2.75, 3.05) is 18.1 Å². The lowest BCUT2D eigenvalue weighted by atomic mass is 9.74. The van der Waals surface area contributed by atoms with Gasteiger partial charge in [-0.2, -0.15) is 13.2 Å². The van der Waals surface area contributed by atoms with E-state index in [1.54, 1.807) is 12.3 Å². The molecule has 1 saturated carbocycles. The molecule has 3 nitrogen and oxygen atoms in total. The largest absolute Gasteiger partial charge is 0.481 e. The highest BCUT2D eigenvalue weighted by Crippen LogP contribution is 2.45. The predicted molar refractivity (Wildman–Crippen MR) is 113 cm³/mol. The van der Waals surface area contributed by atoms with Gasteiger partial charge in [-0.25, -0.2) is 4.98 Å². The van der Waals surface area contributed by atoms with Crippen molar-refractivity contribution in [1.82, 2.24) is 4.98 Å². The highest BCUT2D eigenvalue weighted by molar-refractivity contribution is 7.99. The van der Waals surface area contributed by atoms with Gasteiger partial charge in [0.05, 0.1) is 24.9 Å². The summed E-state index contributed by atoms with van der Waals surface area (Å²) >= 11 is 1.44. The molecule has 27 heavy (non-hydrogen) atoms. The van der Waals surface area contributed by atoms with Crippen LogP contribution in [0.1, 0.15) is 59.9 Å². The zero-order valence-electron chi connectivity index (χ0n) is 17.8. The Morgan fingerprint density at radius 3 is 2.15 bits per heavy atom. The summed E-state index contributed by atoms with van der Waals surface area (Å²) in [6, 6.07) is 1.86. The molecule has 1 aromatic rings. The molecule has 2 rings (SSSR count). The monoisotopic (exact) mass is 408 g/mol. The number of methoxy groups -OCH3 is 1. The van der Waals surface area contributed by atoms with Gasteiger partial charge in [0.15, 0.2) is 0 Å². The number of anilines is 1. The van der Waals surface area contributed by atoms with Crippen LogP contribution in [0.5, 0.6) is 5.88 Å². The van der Waals surface area contributed by atoms with Gasteiger partial charge >= 0.3 is 6.18 Å². The summed E-state index contributed by atoms with van der Waals surface area (Å²) in [5.74, 6) is -0.722. The number of halogens is 3. The average Bonchev–Trinajstić information content (AvgIpc) is 2.65. The summed E-state index contributed by atoms with van der Waals surface area (Å²) in [6.07, 6.45) is 3.41. The minimum Gasteiger partial charge on any atom is -0.481 e. The normalized spacial score (nSPS) is 17.9. The van der Waals surface area contributed by atoms with E-state index in [1.165, 1.54) is 19.1 Å². The number of hydrogen-bond donors (Lipinski definition) is 1. The van der Waals surface area contributed by atoms with Crippen molar-refractivity contribution in [1.29, 1.82) is 0 Å². The third-order valence-corrected chi connectivity index (χ3v) is 3.92. The van der Waals surface area contributed by atoms with E-state index in [4.69, 9.17) is 4.74 Å². The number of ether oxygens (including phenoxy) is 1. The van der Waals surface area contributed by atoms with Gasteiger partial charge in [0.1, 0.15) is 0 Å². The maximum atomic E-state index is 12.4. The van der Waals surface area contributed by atoms with Crippen LogP contribution in [0.2, 0.25) is 0 Å². The van der Waals surface area contributed by atoms with Gasteiger partial charge in [0.2, 0.25) is 5.88 Å². The second-order valence-electron chi connectivity index (χ2n) is 4.96. The minimum atomic E-state index is -4.06. The molecule has 7 heteroatoms. The average molecular weight is 409 g/mol. The first-order chi connectivity index (χ1) is 12.9. The van der Waals surface area contributed by atoms with Crippen LogP contribution in [0, 0.1) is 11.8 Å². The summed E-state index contributed by atoms with van der Waals surface area (Å²) in [5, 5.41) is 0. The molecule has 1 fully saturated rings. The molecule has 1 heterocycles. The van der Waals surface area contributed by atoms with Crippen molar-refractivity contribution < 1.29 is 17.9 Å². The molecule has 0 aromatic carbocycles. The fourth-order valence-electron chi connectivity index (χ4n) is 2.26. The van der Waals surface area contributed by atoms with E-state index >= 15 is 0 Å². The lowest BCUT2D eigenvalue weighted by molar-refractivity contribution is -0.200. The first kappa shape index (κ1) is 27.8. The predicted octanol–water partition coefficient (Wildman–Crippen LogP) is 7.46. The Labute approximate surface area is 167 Å². The summed E-state index contributed by atoms with van der Waals surface area (Å²) < 4.78 is 45.5. The number of nitrogens with one attached hydrogen (secondary N) is 1. The van der Waals surface area contributed by atoms with Crippen LogP contribution in [-0.2, 0) is 0 Å². The third kappa shape index (κ3) is 9.94. The van der Waals surface area contributed by atoms with Crippen LogP contribution in [0.3, 0.4) is 0 Å². The first-order valence-corrected chi connectivity index (χ1v) is 10.7. The Hall–Kier alpha value is -1.37. The molecule has 0 aliphatic heterocycles. The van der Waals surface area contributed by atoms with Crippen LogP contribution in [0.25, 0.3) is 6.08 Å². The van der Waals surface area contributed by atoms with Gasteiger partial charge < -0.3 is 9.46 Å². The number of alkyl halides is 3. The zero-order chi connectivity index (χ0) is 21.5. The maximum absolute atomic E-state index is 12.4. The van der Waals surface area contributed by atoms with Gasteiger partial charge in [-0.1, -0.05) is 65.6 Å². The molecular formula is C20H35F3N2OS. The van der Waals surface area contributed by atoms with Crippen LogP contribution in [0.4, 0.5) is 18.9 Å².